The van der Waals surface area contributed by atoms with Gasteiger partial charge in [0.1, 0.15) is 5.75 Å². The predicted octanol–water partition coefficient (Wildman–Crippen LogP) is 4.00. The number of benzene rings is 2. The van der Waals surface area contributed by atoms with Crippen molar-refractivity contribution < 1.29 is 4.74 Å². The van der Waals surface area contributed by atoms with Crippen LogP contribution in [0.15, 0.2) is 53.4 Å². The topological polar surface area (TPSA) is 35.2 Å². The molecule has 0 aliphatic heterocycles. The van der Waals surface area contributed by atoms with E-state index >= 15 is 0 Å². The number of ether oxygens (including phenoxy) is 1. The molecule has 0 fully saturated rings. The summed E-state index contributed by atoms with van der Waals surface area (Å²) in [6, 6.07) is 16.3. The molecule has 19 heavy (non-hydrogen) atoms. The second-order valence-corrected chi connectivity index (χ2v) is 5.54. The lowest BCUT2D eigenvalue weighted by Gasteiger charge is -2.04. The Morgan fingerprint density at radius 2 is 1.89 bits per heavy atom. The van der Waals surface area contributed by atoms with E-state index in [0.717, 1.165) is 30.0 Å². The first-order valence-corrected chi connectivity index (χ1v) is 7.38. The van der Waals surface area contributed by atoms with E-state index in [1.807, 2.05) is 36.0 Å². The largest absolute Gasteiger partial charge is 0.497 e. The maximum atomic E-state index is 5.76. The van der Waals surface area contributed by atoms with Crippen molar-refractivity contribution in [3.05, 3.63) is 54.1 Å². The number of aryl methyl sites for hydroxylation is 1. The maximum Gasteiger partial charge on any atom is 0.118 e. The number of nitrogens with two attached hydrogens (primary N) is 1. The highest BCUT2D eigenvalue weighted by Gasteiger charge is 1.97. The fraction of sp³-hybridized carbons (Fsp3) is 0.250. The molecule has 3 heteroatoms. The van der Waals surface area contributed by atoms with Crippen molar-refractivity contribution in [3.63, 3.8) is 0 Å². The predicted molar refractivity (Wildman–Crippen MR) is 82.9 cm³/mol. The van der Waals surface area contributed by atoms with Crippen molar-refractivity contribution in [2.75, 3.05) is 18.6 Å². The van der Waals surface area contributed by atoms with Crippen molar-refractivity contribution in [2.45, 2.75) is 17.7 Å². The summed E-state index contributed by atoms with van der Waals surface area (Å²) in [6.07, 6.45) is 2.23. The number of nitrogen functional groups attached to an aromatic ring is 1. The van der Waals surface area contributed by atoms with Crippen molar-refractivity contribution in [3.8, 4) is 5.75 Å². The SMILES string of the molecule is COc1ccc(SCCCc2cccc(N)c2)cc1. The Morgan fingerprint density at radius 1 is 1.11 bits per heavy atom. The van der Waals surface area contributed by atoms with Gasteiger partial charge in [-0.05, 0) is 60.6 Å². The summed E-state index contributed by atoms with van der Waals surface area (Å²) in [4.78, 5) is 1.29. The number of thioether (sulfide) groups is 1. The van der Waals surface area contributed by atoms with Gasteiger partial charge in [0, 0.05) is 10.6 Å². The molecule has 0 radical (unpaired) electrons. The van der Waals surface area contributed by atoms with Gasteiger partial charge >= 0.3 is 0 Å². The van der Waals surface area contributed by atoms with Gasteiger partial charge in [-0.25, -0.2) is 0 Å². The summed E-state index contributed by atoms with van der Waals surface area (Å²) in [5.41, 5.74) is 7.93. The third-order valence-electron chi connectivity index (χ3n) is 2.89. The molecule has 0 bridgehead atoms. The Labute approximate surface area is 119 Å². The van der Waals surface area contributed by atoms with Crippen LogP contribution in [-0.4, -0.2) is 12.9 Å². The molecule has 0 saturated heterocycles. The van der Waals surface area contributed by atoms with Gasteiger partial charge in [0.15, 0.2) is 0 Å². The van der Waals surface area contributed by atoms with Crippen molar-refractivity contribution >= 4 is 17.4 Å². The second-order valence-electron chi connectivity index (χ2n) is 4.37. The average molecular weight is 273 g/mol. The highest BCUT2D eigenvalue weighted by Crippen LogP contribution is 2.22. The zero-order valence-corrected chi connectivity index (χ0v) is 12.0. The molecule has 2 N–H and O–H groups in total. The van der Waals surface area contributed by atoms with E-state index in [1.165, 1.54) is 10.5 Å². The Bertz CT molecular complexity index is 510. The number of rotatable bonds is 6. The van der Waals surface area contributed by atoms with E-state index in [4.69, 9.17) is 10.5 Å². The van der Waals surface area contributed by atoms with Crippen LogP contribution in [0.3, 0.4) is 0 Å². The summed E-state index contributed by atoms with van der Waals surface area (Å²) in [5.74, 6) is 2.02. The van der Waals surface area contributed by atoms with Gasteiger partial charge in [-0.2, -0.15) is 0 Å². The fourth-order valence-electron chi connectivity index (χ4n) is 1.89. The summed E-state index contributed by atoms with van der Waals surface area (Å²) >= 11 is 1.88. The molecule has 0 saturated carbocycles. The van der Waals surface area contributed by atoms with Crippen molar-refractivity contribution in [1.82, 2.24) is 0 Å². The van der Waals surface area contributed by atoms with Gasteiger partial charge in [0.05, 0.1) is 7.11 Å². The van der Waals surface area contributed by atoms with E-state index in [9.17, 15) is 0 Å². The first-order chi connectivity index (χ1) is 9.28. The first-order valence-electron chi connectivity index (χ1n) is 6.39. The molecule has 0 aliphatic rings. The molecule has 0 atom stereocenters. The zero-order valence-electron chi connectivity index (χ0n) is 11.1. The Morgan fingerprint density at radius 3 is 2.58 bits per heavy atom. The fourth-order valence-corrected chi connectivity index (χ4v) is 2.74. The molecule has 0 aliphatic carbocycles. The van der Waals surface area contributed by atoms with Crippen LogP contribution >= 0.6 is 11.8 Å². The molecular weight excluding hydrogens is 254 g/mol. The summed E-state index contributed by atoms with van der Waals surface area (Å²) < 4.78 is 5.14. The molecule has 0 heterocycles. The number of methoxy groups -OCH3 is 1. The van der Waals surface area contributed by atoms with E-state index in [0.29, 0.717) is 0 Å². The Hall–Kier alpha value is -1.61. The number of anilines is 1. The Kier molecular flexibility index (Phi) is 5.16. The maximum absolute atomic E-state index is 5.76. The smallest absolute Gasteiger partial charge is 0.118 e. The first kappa shape index (κ1) is 13.8. The van der Waals surface area contributed by atoms with Crippen molar-refractivity contribution in [1.29, 1.82) is 0 Å². The normalized spacial score (nSPS) is 10.4. The quantitative estimate of drug-likeness (QED) is 0.491. The molecule has 0 amide bonds. The monoisotopic (exact) mass is 273 g/mol. The van der Waals surface area contributed by atoms with Crippen LogP contribution in [-0.2, 0) is 6.42 Å². The lowest BCUT2D eigenvalue weighted by Crippen LogP contribution is -1.90. The Balaban J connectivity index is 1.74. The van der Waals surface area contributed by atoms with Gasteiger partial charge in [-0.3, -0.25) is 0 Å². The molecule has 0 unspecified atom stereocenters. The van der Waals surface area contributed by atoms with Crippen LogP contribution in [0, 0.1) is 0 Å². The standard InChI is InChI=1S/C16H19NOS/c1-18-15-7-9-16(10-8-15)19-11-3-5-13-4-2-6-14(17)12-13/h2,4,6-10,12H,3,5,11,17H2,1H3. The lowest BCUT2D eigenvalue weighted by molar-refractivity contribution is 0.414. The second kappa shape index (κ2) is 7.10. The summed E-state index contributed by atoms with van der Waals surface area (Å²) in [5, 5.41) is 0. The minimum absolute atomic E-state index is 0.848. The molecular formula is C16H19NOS. The van der Waals surface area contributed by atoms with Crippen LogP contribution in [0.1, 0.15) is 12.0 Å². The van der Waals surface area contributed by atoms with Gasteiger partial charge in [0.2, 0.25) is 0 Å². The van der Waals surface area contributed by atoms with Crippen LogP contribution in [0.25, 0.3) is 0 Å². The molecule has 0 spiro atoms. The third kappa shape index (κ3) is 4.52. The van der Waals surface area contributed by atoms with Gasteiger partial charge in [0.25, 0.3) is 0 Å². The van der Waals surface area contributed by atoms with Crippen LogP contribution in [0.5, 0.6) is 5.75 Å². The average Bonchev–Trinajstić information content (AvgIpc) is 2.44. The lowest BCUT2D eigenvalue weighted by atomic mass is 10.1. The van der Waals surface area contributed by atoms with E-state index in [-0.39, 0.29) is 0 Å². The zero-order chi connectivity index (χ0) is 13.5. The summed E-state index contributed by atoms with van der Waals surface area (Å²) in [7, 11) is 1.69. The minimum atomic E-state index is 0.848. The van der Waals surface area contributed by atoms with Gasteiger partial charge in [-0.1, -0.05) is 12.1 Å². The molecule has 2 rings (SSSR count). The van der Waals surface area contributed by atoms with Crippen LogP contribution in [0.2, 0.25) is 0 Å². The molecule has 100 valence electrons. The number of hydrogen-bond acceptors (Lipinski definition) is 3. The molecule has 2 aromatic rings. The van der Waals surface area contributed by atoms with E-state index < -0.39 is 0 Å². The van der Waals surface area contributed by atoms with Crippen LogP contribution in [0.4, 0.5) is 5.69 Å². The number of hydrogen-bond donors (Lipinski definition) is 1. The van der Waals surface area contributed by atoms with Gasteiger partial charge < -0.3 is 10.5 Å². The third-order valence-corrected chi connectivity index (χ3v) is 3.99. The van der Waals surface area contributed by atoms with E-state index in [2.05, 4.69) is 24.3 Å². The van der Waals surface area contributed by atoms with Gasteiger partial charge in [-0.15, -0.1) is 11.8 Å². The van der Waals surface area contributed by atoms with Crippen LogP contribution < -0.4 is 10.5 Å². The minimum Gasteiger partial charge on any atom is -0.497 e. The molecule has 0 aromatic heterocycles. The molecule has 2 nitrogen and oxygen atoms in total. The highest BCUT2D eigenvalue weighted by molar-refractivity contribution is 7.99. The highest BCUT2D eigenvalue weighted by atomic mass is 32.2. The van der Waals surface area contributed by atoms with E-state index in [1.54, 1.807) is 7.11 Å². The van der Waals surface area contributed by atoms with Crippen molar-refractivity contribution in [2.24, 2.45) is 0 Å². The molecule has 2 aromatic carbocycles. The summed E-state index contributed by atoms with van der Waals surface area (Å²) in [6.45, 7) is 0.